The van der Waals surface area contributed by atoms with E-state index in [9.17, 15) is 4.79 Å². The molecule has 0 aliphatic carbocycles. The maximum atomic E-state index is 12.2. The van der Waals surface area contributed by atoms with Gasteiger partial charge in [-0.1, -0.05) is 40.5 Å². The number of likely N-dealkylation sites (N-methyl/N-ethyl adjacent to an activating group) is 2. The number of carbonyl (C=O) groups is 1. The molecule has 0 fully saturated rings. The first-order chi connectivity index (χ1) is 14.9. The van der Waals surface area contributed by atoms with E-state index < -0.39 is 0 Å². The van der Waals surface area contributed by atoms with Crippen molar-refractivity contribution in [3.63, 3.8) is 0 Å². The van der Waals surface area contributed by atoms with Gasteiger partial charge in [0, 0.05) is 12.6 Å². The maximum Gasteiger partial charge on any atom is 0.244 e. The molecule has 0 rings (SSSR count). The van der Waals surface area contributed by atoms with Crippen molar-refractivity contribution in [1.82, 2.24) is 10.2 Å². The van der Waals surface area contributed by atoms with Crippen LogP contribution >= 0.6 is 0 Å². The summed E-state index contributed by atoms with van der Waals surface area (Å²) in [5.74, 6) is 0.0320. The van der Waals surface area contributed by atoms with Crippen LogP contribution in [0.15, 0.2) is 46.6 Å². The number of carbonyl (C=O) groups excluding carboxylic acids is 1. The third kappa shape index (κ3) is 19.1. The van der Waals surface area contributed by atoms with Crippen molar-refractivity contribution < 1.29 is 9.28 Å². The molecule has 0 aromatic rings. The minimum Gasteiger partial charge on any atom is -0.347 e. The molecule has 0 aliphatic rings. The summed E-state index contributed by atoms with van der Waals surface area (Å²) in [4.78, 5) is 14.4. The summed E-state index contributed by atoms with van der Waals surface area (Å²) in [5, 5.41) is 3.05. The number of nitrogens with zero attached hydrogens (tertiary/aromatic N) is 2. The first-order valence-electron chi connectivity index (χ1n) is 12.3. The minimum absolute atomic E-state index is 0.0320. The van der Waals surface area contributed by atoms with Crippen LogP contribution in [0.5, 0.6) is 0 Å². The molecule has 0 aromatic heterocycles. The van der Waals surface area contributed by atoms with Gasteiger partial charge < -0.3 is 14.7 Å². The van der Waals surface area contributed by atoms with Crippen LogP contribution in [0.1, 0.15) is 73.1 Å². The Morgan fingerprint density at radius 3 is 1.78 bits per heavy atom. The normalized spacial score (nSPS) is 13.5. The SMILES string of the molecule is CC(C)=CCCC(C)=CCCC(C)=CCCC(C)=CC(=O)NCC[N+](C)(C)CCN(C)C. The Kier molecular flexibility index (Phi) is 16.0. The molecule has 4 heteroatoms. The van der Waals surface area contributed by atoms with Gasteiger partial charge in [-0.25, -0.2) is 0 Å². The Labute approximate surface area is 199 Å². The quantitative estimate of drug-likeness (QED) is 0.182. The van der Waals surface area contributed by atoms with E-state index in [1.54, 1.807) is 6.08 Å². The van der Waals surface area contributed by atoms with E-state index in [1.807, 2.05) is 0 Å². The van der Waals surface area contributed by atoms with Crippen molar-refractivity contribution in [2.75, 3.05) is 54.4 Å². The lowest BCUT2D eigenvalue weighted by Gasteiger charge is -2.31. The van der Waals surface area contributed by atoms with Gasteiger partial charge in [0.2, 0.25) is 5.91 Å². The van der Waals surface area contributed by atoms with Crippen molar-refractivity contribution in [2.24, 2.45) is 0 Å². The van der Waals surface area contributed by atoms with Gasteiger partial charge in [-0.2, -0.15) is 0 Å². The van der Waals surface area contributed by atoms with E-state index in [2.05, 4.69) is 91.3 Å². The zero-order valence-electron chi connectivity index (χ0n) is 22.7. The summed E-state index contributed by atoms with van der Waals surface area (Å²) in [6, 6.07) is 0. The van der Waals surface area contributed by atoms with Crippen molar-refractivity contribution in [3.8, 4) is 0 Å². The third-order valence-corrected chi connectivity index (χ3v) is 5.70. The zero-order valence-corrected chi connectivity index (χ0v) is 22.7. The van der Waals surface area contributed by atoms with Crippen molar-refractivity contribution in [2.45, 2.75) is 73.1 Å². The predicted molar refractivity (Wildman–Crippen MR) is 142 cm³/mol. The van der Waals surface area contributed by atoms with Gasteiger partial charge >= 0.3 is 0 Å². The second kappa shape index (κ2) is 16.9. The highest BCUT2D eigenvalue weighted by Crippen LogP contribution is 2.13. The Bertz CT molecular complexity index is 662. The largest absolute Gasteiger partial charge is 0.347 e. The molecule has 0 atom stereocenters. The molecular formula is C28H52N3O+. The topological polar surface area (TPSA) is 32.3 Å². The Morgan fingerprint density at radius 2 is 1.28 bits per heavy atom. The number of rotatable bonds is 16. The summed E-state index contributed by atoms with van der Waals surface area (Å²) in [6.45, 7) is 14.6. The highest BCUT2D eigenvalue weighted by Gasteiger charge is 2.14. The highest BCUT2D eigenvalue weighted by atomic mass is 16.1. The number of nitrogens with one attached hydrogen (secondary N) is 1. The number of hydrogen-bond donors (Lipinski definition) is 1. The monoisotopic (exact) mass is 446 g/mol. The minimum atomic E-state index is 0.0320. The van der Waals surface area contributed by atoms with Gasteiger partial charge in [-0.3, -0.25) is 4.79 Å². The lowest BCUT2D eigenvalue weighted by molar-refractivity contribution is -0.888. The predicted octanol–water partition coefficient (Wildman–Crippen LogP) is 5.89. The fraction of sp³-hybridized carbons (Fsp3) is 0.679. The molecule has 1 N–H and O–H groups in total. The molecule has 1 amide bonds. The van der Waals surface area contributed by atoms with E-state index >= 15 is 0 Å². The number of hydrogen-bond acceptors (Lipinski definition) is 2. The van der Waals surface area contributed by atoms with Crippen LogP contribution in [0.2, 0.25) is 0 Å². The highest BCUT2D eigenvalue weighted by molar-refractivity contribution is 5.88. The molecule has 0 radical (unpaired) electrons. The third-order valence-electron chi connectivity index (χ3n) is 5.70. The van der Waals surface area contributed by atoms with Crippen molar-refractivity contribution >= 4 is 5.91 Å². The maximum absolute atomic E-state index is 12.2. The van der Waals surface area contributed by atoms with E-state index in [-0.39, 0.29) is 5.91 Å². The molecule has 0 bridgehead atoms. The summed E-state index contributed by atoms with van der Waals surface area (Å²) in [5.41, 5.74) is 5.47. The van der Waals surface area contributed by atoms with E-state index in [0.717, 1.165) is 68.2 Å². The second-order valence-electron chi connectivity index (χ2n) is 10.5. The summed E-state index contributed by atoms with van der Waals surface area (Å²) >= 11 is 0. The first kappa shape index (κ1) is 30.4. The van der Waals surface area contributed by atoms with Crippen LogP contribution in [0.25, 0.3) is 0 Å². The van der Waals surface area contributed by atoms with Crippen LogP contribution in [-0.4, -0.2) is 69.7 Å². The fourth-order valence-corrected chi connectivity index (χ4v) is 3.30. The second-order valence-corrected chi connectivity index (χ2v) is 10.5. The number of amides is 1. The molecule has 0 aliphatic heterocycles. The average Bonchev–Trinajstić information content (AvgIpc) is 2.66. The van der Waals surface area contributed by atoms with E-state index in [4.69, 9.17) is 0 Å². The van der Waals surface area contributed by atoms with Gasteiger partial charge in [0.15, 0.2) is 0 Å². The van der Waals surface area contributed by atoms with Crippen LogP contribution in [0.3, 0.4) is 0 Å². The van der Waals surface area contributed by atoms with Gasteiger partial charge in [-0.15, -0.1) is 0 Å². The Hall–Kier alpha value is -1.65. The van der Waals surface area contributed by atoms with E-state index in [1.165, 1.54) is 16.7 Å². The van der Waals surface area contributed by atoms with Crippen LogP contribution < -0.4 is 5.32 Å². The molecule has 32 heavy (non-hydrogen) atoms. The van der Waals surface area contributed by atoms with Crippen molar-refractivity contribution in [3.05, 3.63) is 46.6 Å². The summed E-state index contributed by atoms with van der Waals surface area (Å²) in [7, 11) is 8.62. The van der Waals surface area contributed by atoms with Crippen LogP contribution in [0.4, 0.5) is 0 Å². The fourth-order valence-electron chi connectivity index (χ4n) is 3.30. The average molecular weight is 447 g/mol. The molecule has 0 saturated carbocycles. The van der Waals surface area contributed by atoms with Crippen LogP contribution in [0, 0.1) is 0 Å². The van der Waals surface area contributed by atoms with Crippen molar-refractivity contribution in [1.29, 1.82) is 0 Å². The lowest BCUT2D eigenvalue weighted by Crippen LogP contribution is -2.48. The molecule has 0 spiro atoms. The molecule has 0 heterocycles. The van der Waals surface area contributed by atoms with Gasteiger partial charge in [0.05, 0.1) is 33.7 Å². The molecule has 184 valence electrons. The van der Waals surface area contributed by atoms with Gasteiger partial charge in [0.1, 0.15) is 0 Å². The molecule has 0 aromatic carbocycles. The number of allylic oxidation sites excluding steroid dienone is 7. The summed E-state index contributed by atoms with van der Waals surface area (Å²) in [6.07, 6.45) is 15.3. The van der Waals surface area contributed by atoms with Gasteiger partial charge in [-0.05, 0) is 87.2 Å². The molecule has 4 nitrogen and oxygen atoms in total. The summed E-state index contributed by atoms with van der Waals surface area (Å²) < 4.78 is 0.912. The van der Waals surface area contributed by atoms with Gasteiger partial charge in [0.25, 0.3) is 0 Å². The van der Waals surface area contributed by atoms with E-state index in [0.29, 0.717) is 6.54 Å². The smallest absolute Gasteiger partial charge is 0.244 e. The standard InChI is InChI=1S/C28H51N3O/c1-24(2)13-10-14-25(3)15-11-16-26(4)17-12-18-27(5)23-28(32)29-19-21-31(8,9)22-20-30(6)7/h13,15,17,23H,10-12,14,16,18-22H2,1-9H3/p+1. The lowest BCUT2D eigenvalue weighted by atomic mass is 10.0. The zero-order chi connectivity index (χ0) is 24.6. The molecule has 0 saturated heterocycles. The first-order valence-corrected chi connectivity index (χ1v) is 12.3. The Morgan fingerprint density at radius 1 is 0.781 bits per heavy atom. The van der Waals surface area contributed by atoms with Crippen LogP contribution in [-0.2, 0) is 4.79 Å². The molecule has 0 unspecified atom stereocenters. The molecular weight excluding hydrogens is 394 g/mol. The number of quaternary nitrogens is 1. The Balaban J connectivity index is 4.18.